The van der Waals surface area contributed by atoms with Gasteiger partial charge in [-0.1, -0.05) is 12.1 Å². The fraction of sp³-hybridized carbons (Fsp3) is 0.533. The Kier molecular flexibility index (Phi) is 4.56. The number of rotatable bonds is 3. The van der Waals surface area contributed by atoms with E-state index >= 15 is 0 Å². The van der Waals surface area contributed by atoms with E-state index < -0.39 is 23.6 Å². The number of piperidine rings is 1. The predicted octanol–water partition coefficient (Wildman–Crippen LogP) is 3.22. The molecule has 1 unspecified atom stereocenters. The number of aliphatic carboxylic acids is 1. The summed E-state index contributed by atoms with van der Waals surface area (Å²) < 4.78 is 37.7. The number of alkyl halides is 3. The lowest BCUT2D eigenvalue weighted by molar-refractivity contribution is -0.140. The number of carbonyl (C=O) groups is 1. The molecule has 21 heavy (non-hydrogen) atoms. The molecule has 1 aromatic carbocycles. The van der Waals surface area contributed by atoms with Crippen LogP contribution in [0, 0.1) is 5.92 Å². The maximum atomic E-state index is 12.6. The Morgan fingerprint density at radius 3 is 2.19 bits per heavy atom. The Labute approximate surface area is 121 Å². The highest BCUT2D eigenvalue weighted by atomic mass is 19.4. The predicted molar refractivity (Wildman–Crippen MR) is 72.0 cm³/mol. The van der Waals surface area contributed by atoms with E-state index in [9.17, 15) is 23.1 Å². The van der Waals surface area contributed by atoms with Gasteiger partial charge in [0.2, 0.25) is 0 Å². The molecule has 1 aliphatic heterocycles. The van der Waals surface area contributed by atoms with Crippen LogP contribution >= 0.6 is 0 Å². The Bertz CT molecular complexity index is 491. The fourth-order valence-electron chi connectivity index (χ4n) is 2.86. The molecule has 1 N–H and O–H groups in total. The lowest BCUT2D eigenvalue weighted by Crippen LogP contribution is -2.35. The number of benzene rings is 1. The summed E-state index contributed by atoms with van der Waals surface area (Å²) >= 11 is 0. The van der Waals surface area contributed by atoms with Crippen molar-refractivity contribution in [3.05, 3.63) is 35.4 Å². The monoisotopic (exact) mass is 301 g/mol. The third kappa shape index (κ3) is 3.75. The van der Waals surface area contributed by atoms with E-state index in [1.165, 1.54) is 12.1 Å². The van der Waals surface area contributed by atoms with Gasteiger partial charge in [0.15, 0.2) is 0 Å². The van der Waals surface area contributed by atoms with Crippen LogP contribution < -0.4 is 0 Å². The van der Waals surface area contributed by atoms with Crippen LogP contribution in [0.5, 0.6) is 0 Å². The van der Waals surface area contributed by atoms with Gasteiger partial charge in [-0.15, -0.1) is 0 Å². The van der Waals surface area contributed by atoms with Crippen molar-refractivity contribution in [2.75, 3.05) is 20.1 Å². The zero-order valence-electron chi connectivity index (χ0n) is 11.7. The molecule has 0 spiro atoms. The Morgan fingerprint density at radius 1 is 1.24 bits per heavy atom. The van der Waals surface area contributed by atoms with Crippen molar-refractivity contribution >= 4 is 5.97 Å². The molecule has 1 fully saturated rings. The summed E-state index contributed by atoms with van der Waals surface area (Å²) in [6, 6.07) is 4.50. The molecule has 1 saturated heterocycles. The van der Waals surface area contributed by atoms with Crippen LogP contribution in [0.15, 0.2) is 24.3 Å². The molecule has 0 aliphatic carbocycles. The zero-order chi connectivity index (χ0) is 15.6. The number of hydrogen-bond donors (Lipinski definition) is 1. The summed E-state index contributed by atoms with van der Waals surface area (Å²) in [7, 11) is 1.98. The van der Waals surface area contributed by atoms with E-state index in [2.05, 4.69) is 4.90 Å². The first-order valence-electron chi connectivity index (χ1n) is 6.87. The third-order valence-electron chi connectivity index (χ3n) is 4.10. The van der Waals surface area contributed by atoms with E-state index in [1.807, 2.05) is 7.05 Å². The van der Waals surface area contributed by atoms with Gasteiger partial charge in [-0.25, -0.2) is 0 Å². The minimum atomic E-state index is -4.40. The highest BCUT2D eigenvalue weighted by molar-refractivity contribution is 5.76. The molecule has 1 heterocycles. The van der Waals surface area contributed by atoms with Gasteiger partial charge in [0, 0.05) is 0 Å². The normalized spacial score (nSPS) is 19.4. The first-order valence-corrected chi connectivity index (χ1v) is 6.87. The first-order chi connectivity index (χ1) is 9.79. The third-order valence-corrected chi connectivity index (χ3v) is 4.10. The fourth-order valence-corrected chi connectivity index (χ4v) is 2.86. The van der Waals surface area contributed by atoms with Gasteiger partial charge in [0.25, 0.3) is 0 Å². The first kappa shape index (κ1) is 15.8. The molecule has 1 aromatic rings. The van der Waals surface area contributed by atoms with Crippen molar-refractivity contribution in [1.82, 2.24) is 4.90 Å². The van der Waals surface area contributed by atoms with Gasteiger partial charge < -0.3 is 10.0 Å². The van der Waals surface area contributed by atoms with Crippen LogP contribution in [-0.2, 0) is 11.0 Å². The molecular formula is C15H18F3NO2. The highest BCUT2D eigenvalue weighted by Crippen LogP contribution is 2.35. The van der Waals surface area contributed by atoms with Gasteiger partial charge in [0.1, 0.15) is 0 Å². The molecule has 0 saturated carbocycles. The van der Waals surface area contributed by atoms with E-state index in [0.29, 0.717) is 5.56 Å². The average molecular weight is 301 g/mol. The molecule has 0 bridgehead atoms. The van der Waals surface area contributed by atoms with Crippen molar-refractivity contribution in [3.8, 4) is 0 Å². The van der Waals surface area contributed by atoms with Crippen molar-refractivity contribution in [2.24, 2.45) is 5.92 Å². The molecule has 3 nitrogen and oxygen atoms in total. The molecule has 6 heteroatoms. The Morgan fingerprint density at radius 2 is 1.76 bits per heavy atom. The molecule has 1 atom stereocenters. The van der Waals surface area contributed by atoms with Crippen molar-refractivity contribution in [2.45, 2.75) is 24.9 Å². The standard InChI is InChI=1S/C15H18F3NO2/c1-19-8-6-11(7-9-19)13(14(20)21)10-2-4-12(5-3-10)15(16,17)18/h2-5,11,13H,6-9H2,1H3,(H,20,21). The molecule has 0 radical (unpaired) electrons. The second-order valence-corrected chi connectivity index (χ2v) is 5.58. The SMILES string of the molecule is CN1CCC(C(C(=O)O)c2ccc(C(F)(F)F)cc2)CC1. The van der Waals surface area contributed by atoms with Crippen molar-refractivity contribution < 1.29 is 23.1 Å². The van der Waals surface area contributed by atoms with Gasteiger partial charge in [-0.3, -0.25) is 4.79 Å². The van der Waals surface area contributed by atoms with Crippen molar-refractivity contribution in [3.63, 3.8) is 0 Å². The quantitative estimate of drug-likeness (QED) is 0.932. The van der Waals surface area contributed by atoms with Crippen LogP contribution in [0.2, 0.25) is 0 Å². The minimum Gasteiger partial charge on any atom is -0.481 e. The molecule has 116 valence electrons. The van der Waals surface area contributed by atoms with Crippen LogP contribution in [0.1, 0.15) is 29.9 Å². The van der Waals surface area contributed by atoms with E-state index in [0.717, 1.165) is 38.1 Å². The van der Waals surface area contributed by atoms with E-state index in [1.54, 1.807) is 0 Å². The lowest BCUT2D eigenvalue weighted by atomic mass is 9.80. The summed E-state index contributed by atoms with van der Waals surface area (Å²) in [6.07, 6.45) is -2.91. The van der Waals surface area contributed by atoms with Crippen LogP contribution in [0.25, 0.3) is 0 Å². The summed E-state index contributed by atoms with van der Waals surface area (Å²) in [5.74, 6) is -1.74. The summed E-state index contributed by atoms with van der Waals surface area (Å²) in [4.78, 5) is 13.7. The summed E-state index contributed by atoms with van der Waals surface area (Å²) in [6.45, 7) is 1.63. The zero-order valence-corrected chi connectivity index (χ0v) is 11.7. The molecule has 1 aliphatic rings. The van der Waals surface area contributed by atoms with Crippen LogP contribution in [-0.4, -0.2) is 36.1 Å². The number of carboxylic acids is 1. The second-order valence-electron chi connectivity index (χ2n) is 5.58. The lowest BCUT2D eigenvalue weighted by Gasteiger charge is -2.32. The summed E-state index contributed by atoms with van der Waals surface area (Å²) in [5, 5.41) is 9.44. The average Bonchev–Trinajstić information content (AvgIpc) is 2.40. The van der Waals surface area contributed by atoms with Gasteiger partial charge >= 0.3 is 12.1 Å². The van der Waals surface area contributed by atoms with Crippen LogP contribution in [0.4, 0.5) is 13.2 Å². The molecular weight excluding hydrogens is 283 g/mol. The molecule has 2 rings (SSSR count). The molecule has 0 aromatic heterocycles. The smallest absolute Gasteiger partial charge is 0.416 e. The number of hydrogen-bond acceptors (Lipinski definition) is 2. The number of likely N-dealkylation sites (tertiary alicyclic amines) is 1. The summed E-state index contributed by atoms with van der Waals surface area (Å²) in [5.41, 5.74) is -0.302. The van der Waals surface area contributed by atoms with Crippen LogP contribution in [0.3, 0.4) is 0 Å². The van der Waals surface area contributed by atoms with Gasteiger partial charge in [-0.2, -0.15) is 13.2 Å². The number of halogens is 3. The number of nitrogens with zero attached hydrogens (tertiary/aromatic N) is 1. The second kappa shape index (κ2) is 6.05. The maximum Gasteiger partial charge on any atom is 0.416 e. The molecule has 0 amide bonds. The highest BCUT2D eigenvalue weighted by Gasteiger charge is 2.34. The minimum absolute atomic E-state index is 0.0320. The Hall–Kier alpha value is -1.56. The largest absolute Gasteiger partial charge is 0.481 e. The van der Waals surface area contributed by atoms with Gasteiger partial charge in [0.05, 0.1) is 11.5 Å². The van der Waals surface area contributed by atoms with Crippen molar-refractivity contribution in [1.29, 1.82) is 0 Å². The maximum absolute atomic E-state index is 12.6. The number of carboxylic acid groups (broad SMARTS) is 1. The van der Waals surface area contributed by atoms with E-state index in [4.69, 9.17) is 0 Å². The Balaban J connectivity index is 2.21. The van der Waals surface area contributed by atoms with E-state index in [-0.39, 0.29) is 5.92 Å². The van der Waals surface area contributed by atoms with Gasteiger partial charge in [-0.05, 0) is 56.6 Å². The topological polar surface area (TPSA) is 40.5 Å².